The van der Waals surface area contributed by atoms with Crippen LogP contribution in [0.5, 0.6) is 5.75 Å². The number of carbonyl (C=O) groups excluding carboxylic acids is 1. The van der Waals surface area contributed by atoms with Gasteiger partial charge in [-0.3, -0.25) is 9.59 Å². The molecule has 0 aliphatic rings. The number of hydrogen-bond acceptors (Lipinski definition) is 4. The molecule has 0 fully saturated rings. The molecule has 7 heteroatoms. The smallest absolute Gasteiger partial charge is 0.303 e. The average Bonchev–Trinajstić information content (AvgIpc) is 2.45. The van der Waals surface area contributed by atoms with Crippen molar-refractivity contribution < 1.29 is 23.8 Å². The van der Waals surface area contributed by atoms with E-state index < -0.39 is 17.8 Å². The third kappa shape index (κ3) is 5.78. The second-order valence-electron chi connectivity index (χ2n) is 4.58. The van der Waals surface area contributed by atoms with Crippen molar-refractivity contribution in [3.8, 4) is 5.75 Å². The highest BCUT2D eigenvalue weighted by Gasteiger charge is 2.18. The molecule has 0 aliphatic heterocycles. The summed E-state index contributed by atoms with van der Waals surface area (Å²) >= 11 is 0. The number of carboxylic acid groups (broad SMARTS) is 1. The molecule has 1 unspecified atom stereocenters. The van der Waals surface area contributed by atoms with Gasteiger partial charge in [0, 0.05) is 13.5 Å². The molecule has 0 aromatic heterocycles. The minimum absolute atomic E-state index is 0.0761. The Morgan fingerprint density at radius 1 is 1.43 bits per heavy atom. The van der Waals surface area contributed by atoms with E-state index in [2.05, 4.69) is 0 Å². The first-order chi connectivity index (χ1) is 9.91. The van der Waals surface area contributed by atoms with E-state index >= 15 is 0 Å². The van der Waals surface area contributed by atoms with Gasteiger partial charge in [-0.05, 0) is 18.6 Å². The molecule has 1 atom stereocenters. The molecule has 0 heterocycles. The summed E-state index contributed by atoms with van der Waals surface area (Å²) in [5.41, 5.74) is 5.62. The first-order valence-electron chi connectivity index (χ1n) is 6.51. The van der Waals surface area contributed by atoms with E-state index in [4.69, 9.17) is 15.6 Å². The number of likely N-dealkylation sites (N-methyl/N-ethyl adjacent to an activating group) is 1. The lowest BCUT2D eigenvalue weighted by molar-refractivity contribution is -0.137. The zero-order valence-corrected chi connectivity index (χ0v) is 11.8. The number of nitrogens with two attached hydrogens (primary N) is 1. The van der Waals surface area contributed by atoms with E-state index in [1.165, 1.54) is 24.1 Å². The molecule has 0 radical (unpaired) electrons. The molecule has 1 amide bonds. The van der Waals surface area contributed by atoms with Crippen molar-refractivity contribution in [2.75, 3.05) is 20.2 Å². The van der Waals surface area contributed by atoms with Crippen LogP contribution in [-0.4, -0.2) is 48.1 Å². The SMILES string of the molecule is CN(CCOc1ccccc1F)C(=O)C(N)CCC(=O)O. The number of ether oxygens (including phenoxy) is 1. The van der Waals surface area contributed by atoms with Gasteiger partial charge >= 0.3 is 5.97 Å². The van der Waals surface area contributed by atoms with Crippen molar-refractivity contribution in [2.45, 2.75) is 18.9 Å². The van der Waals surface area contributed by atoms with E-state index in [0.29, 0.717) is 0 Å². The third-order valence-electron chi connectivity index (χ3n) is 2.88. The van der Waals surface area contributed by atoms with E-state index in [1.807, 2.05) is 0 Å². The van der Waals surface area contributed by atoms with Crippen molar-refractivity contribution in [2.24, 2.45) is 5.73 Å². The summed E-state index contributed by atoms with van der Waals surface area (Å²) in [7, 11) is 1.54. The number of carbonyl (C=O) groups is 2. The minimum Gasteiger partial charge on any atom is -0.489 e. The molecule has 1 rings (SSSR count). The second kappa shape index (κ2) is 8.21. The van der Waals surface area contributed by atoms with Crippen LogP contribution < -0.4 is 10.5 Å². The molecule has 0 bridgehead atoms. The highest BCUT2D eigenvalue weighted by atomic mass is 19.1. The Kier molecular flexibility index (Phi) is 6.61. The van der Waals surface area contributed by atoms with Gasteiger partial charge in [0.2, 0.25) is 5.91 Å². The summed E-state index contributed by atoms with van der Waals surface area (Å²) in [5.74, 6) is -1.71. The maximum Gasteiger partial charge on any atom is 0.303 e. The second-order valence-corrected chi connectivity index (χ2v) is 4.58. The van der Waals surface area contributed by atoms with Crippen LogP contribution in [0, 0.1) is 5.82 Å². The van der Waals surface area contributed by atoms with Crippen molar-refractivity contribution in [3.63, 3.8) is 0 Å². The first-order valence-corrected chi connectivity index (χ1v) is 6.51. The molecule has 0 aliphatic carbocycles. The Labute approximate surface area is 122 Å². The van der Waals surface area contributed by atoms with E-state index in [0.717, 1.165) is 0 Å². The van der Waals surface area contributed by atoms with Crippen molar-refractivity contribution in [1.82, 2.24) is 4.90 Å². The van der Waals surface area contributed by atoms with Crippen molar-refractivity contribution in [1.29, 1.82) is 0 Å². The topological polar surface area (TPSA) is 92.9 Å². The summed E-state index contributed by atoms with van der Waals surface area (Å²) in [6, 6.07) is 5.12. The number of hydrogen-bond donors (Lipinski definition) is 2. The number of benzene rings is 1. The molecule has 6 nitrogen and oxygen atoms in total. The van der Waals surface area contributed by atoms with Crippen molar-refractivity contribution >= 4 is 11.9 Å². The highest BCUT2D eigenvalue weighted by molar-refractivity contribution is 5.82. The fraction of sp³-hybridized carbons (Fsp3) is 0.429. The van der Waals surface area contributed by atoms with Crippen LogP contribution in [0.1, 0.15) is 12.8 Å². The molecule has 21 heavy (non-hydrogen) atoms. The summed E-state index contributed by atoms with van der Waals surface area (Å²) in [4.78, 5) is 23.6. The molecule has 0 saturated carbocycles. The van der Waals surface area contributed by atoms with Gasteiger partial charge in [0.15, 0.2) is 11.6 Å². The number of amides is 1. The lowest BCUT2D eigenvalue weighted by atomic mass is 10.1. The van der Waals surface area contributed by atoms with Crippen LogP contribution in [-0.2, 0) is 9.59 Å². The molecule has 3 N–H and O–H groups in total. The van der Waals surface area contributed by atoms with Gasteiger partial charge in [0.1, 0.15) is 6.61 Å². The maximum atomic E-state index is 13.3. The Balaban J connectivity index is 2.36. The zero-order valence-electron chi connectivity index (χ0n) is 11.8. The van der Waals surface area contributed by atoms with Crippen LogP contribution in [0.15, 0.2) is 24.3 Å². The number of carboxylic acids is 1. The average molecular weight is 298 g/mol. The van der Waals surface area contributed by atoms with Crippen LogP contribution in [0.4, 0.5) is 4.39 Å². The molecule has 1 aromatic carbocycles. The minimum atomic E-state index is -0.996. The van der Waals surface area contributed by atoms with Crippen molar-refractivity contribution in [3.05, 3.63) is 30.1 Å². The fourth-order valence-corrected chi connectivity index (χ4v) is 1.65. The van der Waals surface area contributed by atoms with Gasteiger partial charge in [-0.15, -0.1) is 0 Å². The Hall–Kier alpha value is -2.15. The number of halogens is 1. The number of para-hydroxylation sites is 1. The van der Waals surface area contributed by atoms with Gasteiger partial charge in [-0.2, -0.15) is 0 Å². The lowest BCUT2D eigenvalue weighted by Gasteiger charge is -2.21. The Morgan fingerprint density at radius 3 is 2.71 bits per heavy atom. The fourth-order valence-electron chi connectivity index (χ4n) is 1.65. The summed E-state index contributed by atoms with van der Waals surface area (Å²) in [6.45, 7) is 0.350. The molecule has 116 valence electrons. The summed E-state index contributed by atoms with van der Waals surface area (Å²) in [5, 5.41) is 8.54. The van der Waals surface area contributed by atoms with E-state index in [9.17, 15) is 14.0 Å². The number of aliphatic carboxylic acids is 1. The van der Waals surface area contributed by atoms with Gasteiger partial charge in [0.25, 0.3) is 0 Å². The molecule has 0 saturated heterocycles. The van der Waals surface area contributed by atoms with Crippen LogP contribution in [0.25, 0.3) is 0 Å². The quantitative estimate of drug-likeness (QED) is 0.742. The summed E-state index contributed by atoms with van der Waals surface area (Å²) in [6.07, 6.45) is -0.0842. The first kappa shape index (κ1) is 16.9. The van der Waals surface area contributed by atoms with E-state index in [-0.39, 0.29) is 37.6 Å². The normalized spacial score (nSPS) is 11.8. The van der Waals surface area contributed by atoms with Crippen LogP contribution >= 0.6 is 0 Å². The zero-order chi connectivity index (χ0) is 15.8. The Bertz CT molecular complexity index is 496. The molecular weight excluding hydrogens is 279 g/mol. The lowest BCUT2D eigenvalue weighted by Crippen LogP contribution is -2.43. The van der Waals surface area contributed by atoms with Gasteiger partial charge < -0.3 is 20.5 Å². The molecule has 0 spiro atoms. The predicted molar refractivity (Wildman–Crippen MR) is 74.4 cm³/mol. The maximum absolute atomic E-state index is 13.3. The number of rotatable bonds is 8. The number of nitrogens with zero attached hydrogens (tertiary/aromatic N) is 1. The summed E-state index contributed by atoms with van der Waals surface area (Å²) < 4.78 is 18.5. The van der Waals surface area contributed by atoms with Crippen LogP contribution in [0.2, 0.25) is 0 Å². The van der Waals surface area contributed by atoms with Gasteiger partial charge in [-0.25, -0.2) is 4.39 Å². The van der Waals surface area contributed by atoms with Crippen LogP contribution in [0.3, 0.4) is 0 Å². The van der Waals surface area contributed by atoms with Gasteiger partial charge in [0.05, 0.1) is 12.6 Å². The largest absolute Gasteiger partial charge is 0.489 e. The monoisotopic (exact) mass is 298 g/mol. The predicted octanol–water partition coefficient (Wildman–Crippen LogP) is 0.855. The third-order valence-corrected chi connectivity index (χ3v) is 2.88. The molecular formula is C14H19FN2O4. The van der Waals surface area contributed by atoms with E-state index in [1.54, 1.807) is 12.1 Å². The highest BCUT2D eigenvalue weighted by Crippen LogP contribution is 2.15. The standard InChI is InChI=1S/C14H19FN2O4/c1-17(14(20)11(16)6-7-13(18)19)8-9-21-12-5-3-2-4-10(12)15/h2-5,11H,6-9,16H2,1H3,(H,18,19). The Morgan fingerprint density at radius 2 is 2.10 bits per heavy atom. The molecule has 1 aromatic rings. The van der Waals surface area contributed by atoms with Gasteiger partial charge in [-0.1, -0.05) is 12.1 Å².